The number of rotatable bonds is 4. The molecule has 0 saturated heterocycles. The van der Waals surface area contributed by atoms with Crippen molar-refractivity contribution >= 4 is 17.2 Å². The van der Waals surface area contributed by atoms with Gasteiger partial charge in [0.05, 0.1) is 17.8 Å². The first-order valence-electron chi connectivity index (χ1n) is 6.07. The molecule has 3 aromatic rings. The normalized spacial score (nSPS) is 10.5. The summed E-state index contributed by atoms with van der Waals surface area (Å²) in [7, 11) is 0. The Hall–Kier alpha value is -2.61. The van der Waals surface area contributed by atoms with E-state index >= 15 is 0 Å². The number of hydrogen-bond donors (Lipinski definition) is 1. The number of hydrogen-bond acceptors (Lipinski definition) is 5. The number of aromatic nitrogens is 4. The van der Waals surface area contributed by atoms with Crippen LogP contribution in [0.4, 0.5) is 4.39 Å². The molecular formula is C13H10FN5OS. The van der Waals surface area contributed by atoms with Crippen molar-refractivity contribution in [2.75, 3.05) is 0 Å². The lowest BCUT2D eigenvalue weighted by molar-refractivity contribution is 0.0951. The molecular weight excluding hydrogens is 293 g/mol. The quantitative estimate of drug-likeness (QED) is 0.797. The van der Waals surface area contributed by atoms with Crippen LogP contribution in [0.15, 0.2) is 42.0 Å². The molecule has 2 aromatic heterocycles. The Kier molecular flexibility index (Phi) is 3.69. The SMILES string of the molecule is O=C(NCc1cccs1)c1ccc(F)cc1-n1cnnn1. The lowest BCUT2D eigenvalue weighted by Crippen LogP contribution is -2.24. The third-order valence-corrected chi connectivity index (χ3v) is 3.68. The fourth-order valence-corrected chi connectivity index (χ4v) is 2.48. The maximum Gasteiger partial charge on any atom is 0.253 e. The minimum absolute atomic E-state index is 0.295. The fraction of sp³-hybridized carbons (Fsp3) is 0.0769. The Labute approximate surface area is 123 Å². The van der Waals surface area contributed by atoms with Crippen LogP contribution in [0.2, 0.25) is 0 Å². The summed E-state index contributed by atoms with van der Waals surface area (Å²) in [6.45, 7) is 0.420. The molecule has 0 aliphatic heterocycles. The summed E-state index contributed by atoms with van der Waals surface area (Å²) in [5, 5.41) is 15.4. The molecule has 2 heterocycles. The summed E-state index contributed by atoms with van der Waals surface area (Å²) in [5.74, 6) is -0.774. The number of nitrogens with zero attached hydrogens (tertiary/aromatic N) is 4. The van der Waals surface area contributed by atoms with Crippen molar-refractivity contribution in [2.24, 2.45) is 0 Å². The molecule has 0 aliphatic carbocycles. The average molecular weight is 303 g/mol. The zero-order valence-corrected chi connectivity index (χ0v) is 11.5. The number of halogens is 1. The maximum absolute atomic E-state index is 13.4. The molecule has 0 bridgehead atoms. The van der Waals surface area contributed by atoms with Crippen LogP contribution in [0.5, 0.6) is 0 Å². The second kappa shape index (κ2) is 5.80. The van der Waals surface area contributed by atoms with Gasteiger partial charge in [0, 0.05) is 10.9 Å². The summed E-state index contributed by atoms with van der Waals surface area (Å²) >= 11 is 1.55. The summed E-state index contributed by atoms with van der Waals surface area (Å²) in [6.07, 6.45) is 1.31. The molecule has 1 N–H and O–H groups in total. The van der Waals surface area contributed by atoms with Crippen molar-refractivity contribution in [3.63, 3.8) is 0 Å². The van der Waals surface area contributed by atoms with Crippen LogP contribution in [0.1, 0.15) is 15.2 Å². The highest BCUT2D eigenvalue weighted by Crippen LogP contribution is 2.15. The van der Waals surface area contributed by atoms with E-state index in [1.165, 1.54) is 29.2 Å². The predicted molar refractivity (Wildman–Crippen MR) is 74.6 cm³/mol. The van der Waals surface area contributed by atoms with Crippen LogP contribution in [-0.2, 0) is 6.54 Å². The Morgan fingerprint density at radius 1 is 1.38 bits per heavy atom. The van der Waals surface area contributed by atoms with Gasteiger partial charge in [0.1, 0.15) is 12.1 Å². The second-order valence-corrected chi connectivity index (χ2v) is 5.21. The minimum atomic E-state index is -0.463. The first-order valence-corrected chi connectivity index (χ1v) is 6.95. The fourth-order valence-electron chi connectivity index (χ4n) is 1.83. The molecule has 0 saturated carbocycles. The Balaban J connectivity index is 1.85. The number of amides is 1. The zero-order chi connectivity index (χ0) is 14.7. The third-order valence-electron chi connectivity index (χ3n) is 2.80. The molecule has 0 fully saturated rings. The van der Waals surface area contributed by atoms with Crippen molar-refractivity contribution < 1.29 is 9.18 Å². The van der Waals surface area contributed by atoms with Crippen LogP contribution >= 0.6 is 11.3 Å². The minimum Gasteiger partial charge on any atom is -0.347 e. The van der Waals surface area contributed by atoms with Crippen molar-refractivity contribution in [1.82, 2.24) is 25.5 Å². The summed E-state index contributed by atoms with van der Waals surface area (Å²) in [4.78, 5) is 13.3. The number of carbonyl (C=O) groups is 1. The molecule has 0 atom stereocenters. The van der Waals surface area contributed by atoms with Gasteiger partial charge in [-0.1, -0.05) is 6.07 Å². The van der Waals surface area contributed by atoms with Crippen LogP contribution < -0.4 is 5.32 Å². The van der Waals surface area contributed by atoms with Crippen molar-refractivity contribution in [3.05, 3.63) is 58.3 Å². The van der Waals surface area contributed by atoms with E-state index in [1.54, 1.807) is 11.3 Å². The number of benzene rings is 1. The lowest BCUT2D eigenvalue weighted by atomic mass is 10.1. The van der Waals surface area contributed by atoms with Gasteiger partial charge in [0.25, 0.3) is 5.91 Å². The molecule has 0 unspecified atom stereocenters. The summed E-state index contributed by atoms with van der Waals surface area (Å²) in [6, 6.07) is 7.70. The summed E-state index contributed by atoms with van der Waals surface area (Å²) in [5.41, 5.74) is 0.601. The highest BCUT2D eigenvalue weighted by molar-refractivity contribution is 7.09. The molecule has 0 radical (unpaired) electrons. The molecule has 0 aliphatic rings. The first kappa shape index (κ1) is 13.4. The van der Waals surface area contributed by atoms with Gasteiger partial charge < -0.3 is 5.32 Å². The van der Waals surface area contributed by atoms with E-state index < -0.39 is 5.82 Å². The van der Waals surface area contributed by atoms with E-state index in [1.807, 2.05) is 17.5 Å². The van der Waals surface area contributed by atoms with Gasteiger partial charge in [-0.3, -0.25) is 4.79 Å². The molecule has 3 rings (SSSR count). The van der Waals surface area contributed by atoms with Crippen molar-refractivity contribution in [2.45, 2.75) is 6.54 Å². The topological polar surface area (TPSA) is 72.7 Å². The van der Waals surface area contributed by atoms with Crippen LogP contribution in [0.25, 0.3) is 5.69 Å². The average Bonchev–Trinajstić information content (AvgIpc) is 3.18. The Morgan fingerprint density at radius 2 is 2.29 bits per heavy atom. The number of nitrogens with one attached hydrogen (secondary N) is 1. The zero-order valence-electron chi connectivity index (χ0n) is 10.7. The Bertz CT molecular complexity index is 742. The molecule has 21 heavy (non-hydrogen) atoms. The van der Waals surface area contributed by atoms with E-state index in [-0.39, 0.29) is 5.91 Å². The maximum atomic E-state index is 13.4. The van der Waals surface area contributed by atoms with Crippen LogP contribution in [0.3, 0.4) is 0 Å². The van der Waals surface area contributed by atoms with Gasteiger partial charge >= 0.3 is 0 Å². The predicted octanol–water partition coefficient (Wildman–Crippen LogP) is 1.79. The standard InChI is InChI=1S/C13H10FN5OS/c14-9-3-4-11(12(6-9)19-8-16-17-18-19)13(20)15-7-10-2-1-5-21-10/h1-6,8H,7H2,(H,15,20). The highest BCUT2D eigenvalue weighted by Gasteiger charge is 2.14. The third kappa shape index (κ3) is 2.95. The molecule has 1 amide bonds. The molecule has 0 spiro atoms. The molecule has 6 nitrogen and oxygen atoms in total. The van der Waals surface area contributed by atoms with Crippen LogP contribution in [-0.4, -0.2) is 26.1 Å². The van der Waals surface area contributed by atoms with Gasteiger partial charge in [0.2, 0.25) is 0 Å². The highest BCUT2D eigenvalue weighted by atomic mass is 32.1. The van der Waals surface area contributed by atoms with Gasteiger partial charge in [-0.05, 0) is 34.0 Å². The van der Waals surface area contributed by atoms with E-state index in [0.29, 0.717) is 17.8 Å². The summed E-state index contributed by atoms with van der Waals surface area (Å²) < 4.78 is 14.7. The van der Waals surface area contributed by atoms with Crippen molar-refractivity contribution in [1.29, 1.82) is 0 Å². The van der Waals surface area contributed by atoms with E-state index in [4.69, 9.17) is 0 Å². The Morgan fingerprint density at radius 3 is 3.00 bits per heavy atom. The largest absolute Gasteiger partial charge is 0.347 e. The number of thiophene rings is 1. The molecule has 1 aromatic carbocycles. The molecule has 106 valence electrons. The van der Waals surface area contributed by atoms with E-state index in [9.17, 15) is 9.18 Å². The monoisotopic (exact) mass is 303 g/mol. The molecule has 8 heteroatoms. The van der Waals surface area contributed by atoms with E-state index in [2.05, 4.69) is 20.8 Å². The lowest BCUT2D eigenvalue weighted by Gasteiger charge is -2.09. The number of carbonyl (C=O) groups excluding carboxylic acids is 1. The van der Waals surface area contributed by atoms with E-state index in [0.717, 1.165) is 4.88 Å². The first-order chi connectivity index (χ1) is 10.2. The van der Waals surface area contributed by atoms with Crippen LogP contribution in [0, 0.1) is 5.82 Å². The smallest absolute Gasteiger partial charge is 0.253 e. The van der Waals surface area contributed by atoms with Gasteiger partial charge in [-0.25, -0.2) is 4.39 Å². The van der Waals surface area contributed by atoms with Gasteiger partial charge in [-0.15, -0.1) is 16.4 Å². The number of tetrazole rings is 1. The van der Waals surface area contributed by atoms with Gasteiger partial charge in [0.15, 0.2) is 0 Å². The van der Waals surface area contributed by atoms with Gasteiger partial charge in [-0.2, -0.15) is 4.68 Å². The van der Waals surface area contributed by atoms with Crippen molar-refractivity contribution in [3.8, 4) is 5.69 Å². The second-order valence-electron chi connectivity index (χ2n) is 4.18.